The highest BCUT2D eigenvalue weighted by molar-refractivity contribution is 6.31. The van der Waals surface area contributed by atoms with Crippen molar-refractivity contribution in [1.29, 1.82) is 0 Å². The third-order valence-corrected chi connectivity index (χ3v) is 3.81. The van der Waals surface area contributed by atoms with Crippen LogP contribution in [0.15, 0.2) is 41.3 Å². The zero-order valence-corrected chi connectivity index (χ0v) is 13.0. The van der Waals surface area contributed by atoms with Crippen LogP contribution in [0.3, 0.4) is 0 Å². The molecule has 23 heavy (non-hydrogen) atoms. The van der Waals surface area contributed by atoms with Gasteiger partial charge < -0.3 is 16.0 Å². The smallest absolute Gasteiger partial charge is 0.253 e. The summed E-state index contributed by atoms with van der Waals surface area (Å²) >= 11 is 5.98. The van der Waals surface area contributed by atoms with Crippen molar-refractivity contribution in [3.63, 3.8) is 0 Å². The molecule has 7 heteroatoms. The summed E-state index contributed by atoms with van der Waals surface area (Å²) in [5.41, 5.74) is 6.38. The Morgan fingerprint density at radius 1 is 1.35 bits per heavy atom. The molecule has 0 aliphatic heterocycles. The number of rotatable bonds is 3. The first-order valence-corrected chi connectivity index (χ1v) is 7.32. The van der Waals surface area contributed by atoms with Crippen molar-refractivity contribution in [3.05, 3.63) is 63.3 Å². The molecule has 3 aromatic rings. The first-order chi connectivity index (χ1) is 11.0. The zero-order valence-electron chi connectivity index (χ0n) is 12.2. The first kappa shape index (κ1) is 15.3. The van der Waals surface area contributed by atoms with Gasteiger partial charge in [0, 0.05) is 27.7 Å². The molecule has 2 aromatic heterocycles. The van der Waals surface area contributed by atoms with Crippen LogP contribution in [0, 0.1) is 5.82 Å². The van der Waals surface area contributed by atoms with Gasteiger partial charge in [-0.15, -0.1) is 0 Å². The minimum Gasteiger partial charge on any atom is -0.396 e. The van der Waals surface area contributed by atoms with Crippen molar-refractivity contribution < 1.29 is 4.39 Å². The van der Waals surface area contributed by atoms with E-state index in [9.17, 15) is 9.18 Å². The second-order valence-electron chi connectivity index (χ2n) is 5.21. The van der Waals surface area contributed by atoms with Gasteiger partial charge >= 0.3 is 0 Å². The predicted molar refractivity (Wildman–Crippen MR) is 90.2 cm³/mol. The quantitative estimate of drug-likeness (QED) is 0.685. The Bertz CT molecular complexity index is 941. The van der Waals surface area contributed by atoms with E-state index in [0.717, 1.165) is 5.39 Å². The van der Waals surface area contributed by atoms with Gasteiger partial charge in [0.2, 0.25) is 0 Å². The number of aromatic amines is 1. The molecule has 0 saturated heterocycles. The molecule has 1 aromatic carbocycles. The molecule has 0 radical (unpaired) electrons. The molecule has 2 heterocycles. The largest absolute Gasteiger partial charge is 0.396 e. The van der Waals surface area contributed by atoms with Gasteiger partial charge in [0.1, 0.15) is 0 Å². The number of nitrogens with zero attached hydrogens (tertiary/aromatic N) is 1. The SMILES string of the molecule is CC(Nc1nccc(N)c1F)c1cc2cc(Cl)ccc2[nH]c1=O. The summed E-state index contributed by atoms with van der Waals surface area (Å²) < 4.78 is 13.9. The van der Waals surface area contributed by atoms with E-state index in [1.807, 2.05) is 0 Å². The number of fused-ring (bicyclic) bond motifs is 1. The van der Waals surface area contributed by atoms with E-state index in [1.165, 1.54) is 12.3 Å². The average molecular weight is 333 g/mol. The highest BCUT2D eigenvalue weighted by atomic mass is 35.5. The molecule has 1 unspecified atom stereocenters. The highest BCUT2D eigenvalue weighted by Crippen LogP contribution is 2.23. The van der Waals surface area contributed by atoms with Crippen molar-refractivity contribution >= 4 is 34.0 Å². The topological polar surface area (TPSA) is 83.8 Å². The third kappa shape index (κ3) is 2.98. The van der Waals surface area contributed by atoms with Crippen LogP contribution >= 0.6 is 11.6 Å². The van der Waals surface area contributed by atoms with E-state index < -0.39 is 11.9 Å². The van der Waals surface area contributed by atoms with Crippen LogP contribution in [-0.4, -0.2) is 9.97 Å². The fourth-order valence-corrected chi connectivity index (χ4v) is 2.54. The summed E-state index contributed by atoms with van der Waals surface area (Å²) in [5, 5.41) is 4.23. The van der Waals surface area contributed by atoms with Crippen molar-refractivity contribution in [2.24, 2.45) is 0 Å². The molecule has 5 nitrogen and oxygen atoms in total. The second kappa shape index (κ2) is 5.89. The van der Waals surface area contributed by atoms with E-state index in [0.29, 0.717) is 16.1 Å². The van der Waals surface area contributed by atoms with E-state index in [2.05, 4.69) is 15.3 Å². The van der Waals surface area contributed by atoms with Crippen LogP contribution in [0.1, 0.15) is 18.5 Å². The van der Waals surface area contributed by atoms with Gasteiger partial charge in [-0.25, -0.2) is 9.37 Å². The average Bonchev–Trinajstić information content (AvgIpc) is 2.51. The van der Waals surface area contributed by atoms with Crippen LogP contribution in [0.25, 0.3) is 10.9 Å². The van der Waals surface area contributed by atoms with Gasteiger partial charge in [-0.05, 0) is 37.3 Å². The molecule has 4 N–H and O–H groups in total. The number of H-pyrrole nitrogens is 1. The van der Waals surface area contributed by atoms with Gasteiger partial charge in [0.05, 0.1) is 11.7 Å². The van der Waals surface area contributed by atoms with Crippen LogP contribution in [0.2, 0.25) is 5.02 Å². The number of pyridine rings is 2. The Morgan fingerprint density at radius 3 is 2.91 bits per heavy atom. The summed E-state index contributed by atoms with van der Waals surface area (Å²) in [4.78, 5) is 18.9. The maximum atomic E-state index is 13.9. The molecule has 118 valence electrons. The number of hydrogen-bond acceptors (Lipinski definition) is 4. The lowest BCUT2D eigenvalue weighted by molar-refractivity contribution is 0.625. The summed E-state index contributed by atoms with van der Waals surface area (Å²) in [7, 11) is 0. The molecular weight excluding hydrogens is 319 g/mol. The van der Waals surface area contributed by atoms with E-state index >= 15 is 0 Å². The van der Waals surface area contributed by atoms with Crippen LogP contribution in [0.4, 0.5) is 15.9 Å². The van der Waals surface area contributed by atoms with Crippen molar-refractivity contribution in [2.45, 2.75) is 13.0 Å². The number of nitrogen functional groups attached to an aromatic ring is 1. The fraction of sp³-hybridized carbons (Fsp3) is 0.125. The molecule has 0 spiro atoms. The zero-order chi connectivity index (χ0) is 16.6. The minimum atomic E-state index is -0.639. The number of nitrogens with one attached hydrogen (secondary N) is 2. The van der Waals surface area contributed by atoms with Crippen molar-refractivity contribution in [3.8, 4) is 0 Å². The fourth-order valence-electron chi connectivity index (χ4n) is 2.36. The number of benzene rings is 1. The standard InChI is InChI=1S/C16H14ClFN4O/c1-8(21-15-14(18)12(19)4-5-20-15)11-7-9-6-10(17)2-3-13(9)22-16(11)23/h2-8H,1H3,(H,22,23)(H3,19,20,21). The van der Waals surface area contributed by atoms with E-state index in [1.54, 1.807) is 31.2 Å². The Balaban J connectivity index is 2.00. The van der Waals surface area contributed by atoms with E-state index in [-0.39, 0.29) is 17.1 Å². The van der Waals surface area contributed by atoms with Crippen molar-refractivity contribution in [1.82, 2.24) is 9.97 Å². The van der Waals surface area contributed by atoms with Gasteiger partial charge in [0.15, 0.2) is 11.6 Å². The van der Waals surface area contributed by atoms with Gasteiger partial charge in [0.25, 0.3) is 5.56 Å². The van der Waals surface area contributed by atoms with Gasteiger partial charge in [-0.1, -0.05) is 11.6 Å². The van der Waals surface area contributed by atoms with E-state index in [4.69, 9.17) is 17.3 Å². The normalized spacial score (nSPS) is 12.3. The summed E-state index contributed by atoms with van der Waals surface area (Å²) in [6.07, 6.45) is 1.40. The summed E-state index contributed by atoms with van der Waals surface area (Å²) in [6.45, 7) is 1.74. The molecule has 0 aliphatic rings. The second-order valence-corrected chi connectivity index (χ2v) is 5.65. The van der Waals surface area contributed by atoms with Crippen LogP contribution in [-0.2, 0) is 0 Å². The number of aromatic nitrogens is 2. The molecular formula is C16H14ClFN4O. The summed E-state index contributed by atoms with van der Waals surface area (Å²) in [6, 6.07) is 7.82. The number of anilines is 2. The number of hydrogen-bond donors (Lipinski definition) is 3. The first-order valence-electron chi connectivity index (χ1n) is 6.94. The summed E-state index contributed by atoms with van der Waals surface area (Å²) in [5.74, 6) is -0.636. The molecule has 3 rings (SSSR count). The molecule has 0 bridgehead atoms. The van der Waals surface area contributed by atoms with Gasteiger partial charge in [-0.3, -0.25) is 4.79 Å². The van der Waals surface area contributed by atoms with Gasteiger partial charge in [-0.2, -0.15) is 0 Å². The molecule has 0 amide bonds. The molecule has 1 atom stereocenters. The molecule has 0 fully saturated rings. The highest BCUT2D eigenvalue weighted by Gasteiger charge is 2.15. The Labute approximate surface area is 136 Å². The lowest BCUT2D eigenvalue weighted by atomic mass is 10.1. The maximum absolute atomic E-state index is 13.9. The Hall–Kier alpha value is -2.60. The van der Waals surface area contributed by atoms with Crippen LogP contribution in [0.5, 0.6) is 0 Å². The third-order valence-electron chi connectivity index (χ3n) is 3.57. The minimum absolute atomic E-state index is 0.00286. The molecule has 0 aliphatic carbocycles. The lowest BCUT2D eigenvalue weighted by Gasteiger charge is -2.15. The Kier molecular flexibility index (Phi) is 3.92. The lowest BCUT2D eigenvalue weighted by Crippen LogP contribution is -2.20. The monoisotopic (exact) mass is 332 g/mol. The predicted octanol–water partition coefficient (Wildman–Crippen LogP) is 3.47. The van der Waals surface area contributed by atoms with Crippen molar-refractivity contribution in [2.75, 3.05) is 11.1 Å². The Morgan fingerprint density at radius 2 is 2.13 bits per heavy atom. The van der Waals surface area contributed by atoms with Crippen LogP contribution < -0.4 is 16.6 Å². The number of halogens is 2. The number of nitrogens with two attached hydrogens (primary N) is 1. The molecule has 0 saturated carbocycles. The maximum Gasteiger partial charge on any atom is 0.253 e.